The Balaban J connectivity index is 2.69. The lowest BCUT2D eigenvalue weighted by atomic mass is 10.2. The summed E-state index contributed by atoms with van der Waals surface area (Å²) in [6, 6.07) is 7.99. The van der Waals surface area contributed by atoms with Crippen molar-refractivity contribution in [3.8, 4) is 5.69 Å². The third-order valence-corrected chi connectivity index (χ3v) is 2.49. The maximum atomic E-state index is 7.76. The first-order valence-corrected chi connectivity index (χ1v) is 4.66. The van der Waals surface area contributed by atoms with Gasteiger partial charge in [-0.25, -0.2) is 0 Å². The van der Waals surface area contributed by atoms with E-state index in [1.807, 2.05) is 49.6 Å². The monoisotopic (exact) mass is 189 g/mol. The van der Waals surface area contributed by atoms with E-state index in [0.29, 0.717) is 0 Å². The van der Waals surface area contributed by atoms with Gasteiger partial charge in [-0.1, -0.05) is 18.2 Å². The quantitative estimate of drug-likeness (QED) is 0.630. The lowest BCUT2D eigenvalue weighted by molar-refractivity contribution is -0.606. The lowest BCUT2D eigenvalue weighted by Gasteiger charge is -1.96. The van der Waals surface area contributed by atoms with Crippen LogP contribution in [0.4, 0.5) is 0 Å². The lowest BCUT2D eigenvalue weighted by Crippen LogP contribution is -2.32. The number of para-hydroxylation sites is 1. The number of nitrogens with zero attached hydrogens (tertiary/aromatic N) is 1. The standard InChI is InChI=1S/C12H14NO/c1-9-6-4-5-7-12(9)13-8-14-11(3)10(13)2/h4-8H,1-3H3/q+1/i8D. The minimum Gasteiger partial charge on any atom is -0.409 e. The predicted molar refractivity (Wildman–Crippen MR) is 54.5 cm³/mol. The van der Waals surface area contributed by atoms with Gasteiger partial charge in [0.05, 0.1) is 0 Å². The van der Waals surface area contributed by atoms with Gasteiger partial charge in [-0.05, 0) is 6.92 Å². The van der Waals surface area contributed by atoms with Crippen LogP contribution in [-0.4, -0.2) is 0 Å². The van der Waals surface area contributed by atoms with E-state index in [4.69, 9.17) is 5.79 Å². The van der Waals surface area contributed by atoms with Gasteiger partial charge in [0.1, 0.15) is 0 Å². The Morgan fingerprint density at radius 3 is 2.50 bits per heavy atom. The second kappa shape index (κ2) is 3.29. The topological polar surface area (TPSA) is 17.0 Å². The highest BCUT2D eigenvalue weighted by atomic mass is 16.3. The normalized spacial score (nSPS) is 11.5. The van der Waals surface area contributed by atoms with Crippen LogP contribution in [-0.2, 0) is 0 Å². The van der Waals surface area contributed by atoms with Crippen molar-refractivity contribution >= 4 is 0 Å². The van der Waals surface area contributed by atoms with Crippen LogP contribution in [0.1, 0.15) is 18.4 Å². The van der Waals surface area contributed by atoms with Crippen molar-refractivity contribution in [1.29, 1.82) is 0 Å². The molecule has 0 fully saturated rings. The molecule has 72 valence electrons. The predicted octanol–water partition coefficient (Wildman–Crippen LogP) is 2.48. The van der Waals surface area contributed by atoms with E-state index in [1.165, 1.54) is 0 Å². The number of rotatable bonds is 1. The van der Waals surface area contributed by atoms with Gasteiger partial charge >= 0.3 is 6.37 Å². The van der Waals surface area contributed by atoms with Gasteiger partial charge < -0.3 is 4.42 Å². The third-order valence-electron chi connectivity index (χ3n) is 2.49. The van der Waals surface area contributed by atoms with E-state index in [-0.39, 0.29) is 6.37 Å². The van der Waals surface area contributed by atoms with Crippen LogP contribution in [0.5, 0.6) is 0 Å². The second-order valence-corrected chi connectivity index (χ2v) is 3.46. The summed E-state index contributed by atoms with van der Waals surface area (Å²) >= 11 is 0. The molecule has 0 radical (unpaired) electrons. The number of benzene rings is 1. The summed E-state index contributed by atoms with van der Waals surface area (Å²) < 4.78 is 14.9. The summed E-state index contributed by atoms with van der Waals surface area (Å²) in [7, 11) is 0. The van der Waals surface area contributed by atoms with Gasteiger partial charge in [0.25, 0.3) is 0 Å². The smallest absolute Gasteiger partial charge is 0.340 e. The van der Waals surface area contributed by atoms with E-state index < -0.39 is 0 Å². The Morgan fingerprint density at radius 1 is 1.21 bits per heavy atom. The Labute approximate surface area is 85.2 Å². The van der Waals surface area contributed by atoms with Crippen LogP contribution in [0.15, 0.2) is 35.1 Å². The largest absolute Gasteiger partial charge is 0.409 e. The average Bonchev–Trinajstić information content (AvgIpc) is 2.43. The maximum absolute atomic E-state index is 7.76. The first kappa shape index (κ1) is 7.80. The molecule has 14 heavy (non-hydrogen) atoms. The number of aromatic nitrogens is 1. The molecule has 0 atom stereocenters. The van der Waals surface area contributed by atoms with Crippen molar-refractivity contribution in [2.45, 2.75) is 20.8 Å². The highest BCUT2D eigenvalue weighted by molar-refractivity contribution is 5.32. The summed E-state index contributed by atoms with van der Waals surface area (Å²) in [5.41, 5.74) is 3.13. The Bertz CT molecular complexity index is 502. The summed E-state index contributed by atoms with van der Waals surface area (Å²) in [6.07, 6.45) is 0.180. The molecule has 0 aliphatic heterocycles. The van der Waals surface area contributed by atoms with Gasteiger partial charge in [0.15, 0.2) is 7.13 Å². The molecule has 0 amide bonds. The number of aryl methyl sites for hydroxylation is 2. The summed E-state index contributed by atoms with van der Waals surface area (Å²) in [6.45, 7) is 5.87. The zero-order valence-corrected chi connectivity index (χ0v) is 8.66. The van der Waals surface area contributed by atoms with E-state index in [1.54, 1.807) is 0 Å². The fraction of sp³-hybridized carbons (Fsp3) is 0.250. The fourth-order valence-electron chi connectivity index (χ4n) is 1.46. The van der Waals surface area contributed by atoms with Crippen LogP contribution in [0.3, 0.4) is 0 Å². The number of oxazole rings is 1. The molecule has 2 aromatic rings. The zero-order valence-electron chi connectivity index (χ0n) is 9.66. The summed E-state index contributed by atoms with van der Waals surface area (Å²) in [5.74, 6) is 0.795. The number of hydrogen-bond acceptors (Lipinski definition) is 1. The highest BCUT2D eigenvalue weighted by Crippen LogP contribution is 2.10. The van der Waals surface area contributed by atoms with E-state index in [9.17, 15) is 0 Å². The van der Waals surface area contributed by atoms with Gasteiger partial charge in [0, 0.05) is 25.5 Å². The molecule has 2 nitrogen and oxygen atoms in total. The van der Waals surface area contributed by atoms with Crippen LogP contribution in [0, 0.1) is 20.8 Å². The van der Waals surface area contributed by atoms with Crippen molar-refractivity contribution in [2.75, 3.05) is 0 Å². The van der Waals surface area contributed by atoms with Crippen LogP contribution >= 0.6 is 0 Å². The molecule has 1 aromatic heterocycles. The molecule has 0 bridgehead atoms. The molecule has 1 heterocycles. The molecular weight excluding hydrogens is 174 g/mol. The molecule has 0 saturated heterocycles. The first-order chi connectivity index (χ1) is 7.11. The summed E-state index contributed by atoms with van der Waals surface area (Å²) in [4.78, 5) is 0. The van der Waals surface area contributed by atoms with Crippen LogP contribution in [0.25, 0.3) is 5.69 Å². The van der Waals surface area contributed by atoms with E-state index in [2.05, 4.69) is 0 Å². The van der Waals surface area contributed by atoms with Crippen LogP contribution in [0.2, 0.25) is 0 Å². The van der Waals surface area contributed by atoms with Crippen LogP contribution < -0.4 is 4.57 Å². The average molecular weight is 189 g/mol. The molecule has 2 heteroatoms. The van der Waals surface area contributed by atoms with Gasteiger partial charge in [-0.2, -0.15) is 0 Å². The fourth-order valence-corrected chi connectivity index (χ4v) is 1.46. The van der Waals surface area contributed by atoms with Crippen molar-refractivity contribution < 1.29 is 10.4 Å². The van der Waals surface area contributed by atoms with Crippen molar-refractivity contribution in [1.82, 2.24) is 0 Å². The molecular formula is C12H14NO+. The van der Waals surface area contributed by atoms with Gasteiger partial charge in [-0.15, -0.1) is 4.57 Å². The highest BCUT2D eigenvalue weighted by Gasteiger charge is 2.17. The third kappa shape index (κ3) is 1.33. The molecule has 0 saturated carbocycles. The summed E-state index contributed by atoms with van der Waals surface area (Å²) in [5, 5.41) is 0. The van der Waals surface area contributed by atoms with Crippen molar-refractivity contribution in [2.24, 2.45) is 0 Å². The zero-order chi connectivity index (χ0) is 11.0. The molecule has 0 aliphatic rings. The first-order valence-electron chi connectivity index (χ1n) is 5.16. The van der Waals surface area contributed by atoms with E-state index in [0.717, 1.165) is 22.7 Å². The number of hydrogen-bond donors (Lipinski definition) is 0. The second-order valence-electron chi connectivity index (χ2n) is 3.46. The Morgan fingerprint density at radius 2 is 1.93 bits per heavy atom. The van der Waals surface area contributed by atoms with Crippen molar-refractivity contribution in [3.63, 3.8) is 0 Å². The van der Waals surface area contributed by atoms with Crippen molar-refractivity contribution in [3.05, 3.63) is 47.7 Å². The molecule has 2 rings (SSSR count). The van der Waals surface area contributed by atoms with E-state index >= 15 is 0 Å². The Hall–Kier alpha value is -1.57. The molecule has 0 N–H and O–H groups in total. The van der Waals surface area contributed by atoms with Gasteiger partial charge in [-0.3, -0.25) is 0 Å². The molecule has 0 spiro atoms. The molecule has 1 aromatic carbocycles. The molecule has 0 aliphatic carbocycles. The van der Waals surface area contributed by atoms with Gasteiger partial charge in [0.2, 0.25) is 11.4 Å². The minimum absolute atomic E-state index is 0.180. The minimum atomic E-state index is 0.180. The molecule has 0 unspecified atom stereocenters. The SMILES string of the molecule is [2H]c1oc(C)c(C)[n+]1-c1ccccc1C. The maximum Gasteiger partial charge on any atom is 0.340 e. The Kier molecular flexibility index (Phi) is 1.83.